The lowest BCUT2D eigenvalue weighted by Crippen LogP contribution is -2.36. The maximum Gasteiger partial charge on any atom is 0.251 e. The molecule has 22 heavy (non-hydrogen) atoms. The highest BCUT2D eigenvalue weighted by Crippen LogP contribution is 2.04. The van der Waals surface area contributed by atoms with Crippen LogP contribution in [-0.4, -0.2) is 37.9 Å². The molecule has 0 radical (unpaired) electrons. The molecule has 1 aromatic rings. The lowest BCUT2D eigenvalue weighted by atomic mass is 10.1. The van der Waals surface area contributed by atoms with Crippen molar-refractivity contribution in [3.63, 3.8) is 0 Å². The van der Waals surface area contributed by atoms with Gasteiger partial charge in [-0.2, -0.15) is 0 Å². The van der Waals surface area contributed by atoms with Crippen molar-refractivity contribution in [1.29, 1.82) is 0 Å². The van der Waals surface area contributed by atoms with E-state index in [2.05, 4.69) is 27.5 Å². The Bertz CT molecular complexity index is 552. The van der Waals surface area contributed by atoms with Gasteiger partial charge >= 0.3 is 0 Å². The summed E-state index contributed by atoms with van der Waals surface area (Å²) in [6.45, 7) is 4.65. The van der Waals surface area contributed by atoms with E-state index in [1.165, 1.54) is 0 Å². The van der Waals surface area contributed by atoms with E-state index in [0.717, 1.165) is 5.56 Å². The van der Waals surface area contributed by atoms with Crippen LogP contribution in [-0.2, 0) is 11.3 Å². The molecule has 0 fully saturated rings. The van der Waals surface area contributed by atoms with Gasteiger partial charge in [0.25, 0.3) is 5.91 Å². The first-order valence-corrected chi connectivity index (χ1v) is 6.77. The van der Waals surface area contributed by atoms with E-state index in [1.54, 1.807) is 25.3 Å². The topological polar surface area (TPSA) is 109 Å². The molecular weight excluding hydrogens is 282 g/mol. The van der Waals surface area contributed by atoms with Crippen LogP contribution < -0.4 is 21.7 Å². The first-order valence-electron chi connectivity index (χ1n) is 6.77. The van der Waals surface area contributed by atoms with Gasteiger partial charge in [0.2, 0.25) is 5.91 Å². The molecule has 0 aliphatic carbocycles. The van der Waals surface area contributed by atoms with Crippen molar-refractivity contribution in [2.24, 2.45) is 10.7 Å². The highest BCUT2D eigenvalue weighted by Gasteiger charge is 2.06. The first-order chi connectivity index (χ1) is 10.6. The molecule has 0 aromatic heterocycles. The fourth-order valence-corrected chi connectivity index (χ4v) is 1.62. The average molecular weight is 303 g/mol. The van der Waals surface area contributed by atoms with Crippen molar-refractivity contribution in [3.05, 3.63) is 48.0 Å². The third-order valence-corrected chi connectivity index (χ3v) is 2.74. The van der Waals surface area contributed by atoms with E-state index < -0.39 is 5.91 Å². The molecular formula is C15H21N5O2. The van der Waals surface area contributed by atoms with Crippen molar-refractivity contribution in [1.82, 2.24) is 16.0 Å². The van der Waals surface area contributed by atoms with Crippen LogP contribution in [0.4, 0.5) is 0 Å². The van der Waals surface area contributed by atoms with Gasteiger partial charge in [0.15, 0.2) is 5.96 Å². The van der Waals surface area contributed by atoms with E-state index in [9.17, 15) is 9.59 Å². The Balaban J connectivity index is 2.52. The number of rotatable bonds is 7. The zero-order valence-electron chi connectivity index (χ0n) is 12.6. The molecule has 0 atom stereocenters. The van der Waals surface area contributed by atoms with E-state index in [1.807, 2.05) is 12.1 Å². The van der Waals surface area contributed by atoms with Crippen molar-refractivity contribution in [3.8, 4) is 0 Å². The lowest BCUT2D eigenvalue weighted by Gasteiger charge is -2.10. The molecule has 5 N–H and O–H groups in total. The highest BCUT2D eigenvalue weighted by atomic mass is 16.2. The minimum absolute atomic E-state index is 0.173. The fraction of sp³-hybridized carbons (Fsp3) is 0.267. The second-order valence-corrected chi connectivity index (χ2v) is 4.44. The van der Waals surface area contributed by atoms with Gasteiger partial charge in [-0.15, -0.1) is 6.58 Å². The Morgan fingerprint density at radius 1 is 1.23 bits per heavy atom. The Hall–Kier alpha value is -2.83. The van der Waals surface area contributed by atoms with Gasteiger partial charge in [-0.1, -0.05) is 18.2 Å². The zero-order valence-corrected chi connectivity index (χ0v) is 12.6. The maximum absolute atomic E-state index is 11.7. The number of nitrogens with zero attached hydrogens (tertiary/aromatic N) is 1. The minimum atomic E-state index is -0.576. The van der Waals surface area contributed by atoms with Crippen LogP contribution in [0, 0.1) is 0 Å². The minimum Gasteiger partial charge on any atom is -0.368 e. The van der Waals surface area contributed by atoms with Crippen LogP contribution in [0.15, 0.2) is 41.9 Å². The lowest BCUT2D eigenvalue weighted by molar-refractivity contribution is -0.117. The normalized spacial score (nSPS) is 10.7. The molecule has 0 unspecified atom stereocenters. The number of carbonyl (C=O) groups excluding carboxylic acids is 2. The van der Waals surface area contributed by atoms with Crippen molar-refractivity contribution in [2.75, 3.05) is 20.1 Å². The van der Waals surface area contributed by atoms with E-state index in [0.29, 0.717) is 24.6 Å². The fourth-order valence-electron chi connectivity index (χ4n) is 1.62. The molecule has 0 aliphatic heterocycles. The molecule has 118 valence electrons. The smallest absolute Gasteiger partial charge is 0.251 e. The summed E-state index contributed by atoms with van der Waals surface area (Å²) in [5.74, 6) is -0.238. The second-order valence-electron chi connectivity index (χ2n) is 4.44. The summed E-state index contributed by atoms with van der Waals surface area (Å²) in [5.41, 5.74) is 6.44. The summed E-state index contributed by atoms with van der Waals surface area (Å²) < 4.78 is 0. The van der Waals surface area contributed by atoms with Gasteiger partial charge in [0.1, 0.15) is 0 Å². The van der Waals surface area contributed by atoms with Crippen LogP contribution in [0.2, 0.25) is 0 Å². The third kappa shape index (κ3) is 6.08. The monoisotopic (exact) mass is 303 g/mol. The molecule has 0 heterocycles. The number of amides is 2. The summed E-state index contributed by atoms with van der Waals surface area (Å²) >= 11 is 0. The Kier molecular flexibility index (Phi) is 7.18. The van der Waals surface area contributed by atoms with Crippen LogP contribution in [0.1, 0.15) is 15.9 Å². The van der Waals surface area contributed by atoms with Crippen molar-refractivity contribution in [2.45, 2.75) is 6.54 Å². The highest BCUT2D eigenvalue weighted by molar-refractivity contribution is 5.96. The Morgan fingerprint density at radius 2 is 1.91 bits per heavy atom. The van der Waals surface area contributed by atoms with E-state index in [4.69, 9.17) is 5.73 Å². The zero-order chi connectivity index (χ0) is 16.4. The summed E-state index contributed by atoms with van der Waals surface area (Å²) in [4.78, 5) is 26.4. The number of nitrogens with two attached hydrogens (primary N) is 1. The number of benzene rings is 1. The summed E-state index contributed by atoms with van der Waals surface area (Å²) in [6, 6.07) is 7.03. The molecule has 0 bridgehead atoms. The van der Waals surface area contributed by atoms with Crippen LogP contribution in [0.3, 0.4) is 0 Å². The third-order valence-electron chi connectivity index (χ3n) is 2.74. The number of nitrogens with one attached hydrogen (secondary N) is 3. The quantitative estimate of drug-likeness (QED) is 0.316. The molecule has 0 saturated heterocycles. The SMILES string of the molecule is C=CCNC(=NC)NCc1ccc(C(=O)NCC(N)=O)cc1. The van der Waals surface area contributed by atoms with Gasteiger partial charge < -0.3 is 21.7 Å². The predicted octanol–water partition coefficient (Wildman–Crippen LogP) is -0.247. The number of carbonyl (C=O) groups is 2. The number of hydrogen-bond acceptors (Lipinski definition) is 3. The van der Waals surface area contributed by atoms with Gasteiger partial charge in [0.05, 0.1) is 6.54 Å². The summed E-state index contributed by atoms with van der Waals surface area (Å²) in [5, 5.41) is 8.63. The Morgan fingerprint density at radius 3 is 2.45 bits per heavy atom. The second kappa shape index (κ2) is 9.17. The summed E-state index contributed by atoms with van der Waals surface area (Å²) in [7, 11) is 1.69. The van der Waals surface area contributed by atoms with Gasteiger partial charge in [0, 0.05) is 25.7 Å². The molecule has 2 amide bonds. The van der Waals surface area contributed by atoms with Crippen LogP contribution in [0.25, 0.3) is 0 Å². The number of guanidine groups is 1. The molecule has 0 saturated carbocycles. The molecule has 7 nitrogen and oxygen atoms in total. The van der Waals surface area contributed by atoms with Crippen LogP contribution in [0.5, 0.6) is 0 Å². The van der Waals surface area contributed by atoms with Crippen LogP contribution >= 0.6 is 0 Å². The van der Waals surface area contributed by atoms with Gasteiger partial charge in [-0.3, -0.25) is 14.6 Å². The number of primary amides is 1. The standard InChI is InChI=1S/C15H21N5O2/c1-3-8-18-15(17-2)20-9-11-4-6-12(7-5-11)14(22)19-10-13(16)21/h3-7H,1,8-10H2,2H3,(H2,16,21)(H,19,22)(H2,17,18,20). The number of hydrogen-bond donors (Lipinski definition) is 4. The molecule has 7 heteroatoms. The van der Waals surface area contributed by atoms with Crippen molar-refractivity contribution < 1.29 is 9.59 Å². The van der Waals surface area contributed by atoms with Gasteiger partial charge in [-0.25, -0.2) is 0 Å². The maximum atomic E-state index is 11.7. The average Bonchev–Trinajstić information content (AvgIpc) is 2.53. The molecule has 0 aliphatic rings. The number of aliphatic imine (C=N–C) groups is 1. The van der Waals surface area contributed by atoms with Gasteiger partial charge in [-0.05, 0) is 17.7 Å². The molecule has 1 aromatic carbocycles. The Labute approximate surface area is 129 Å². The predicted molar refractivity (Wildman–Crippen MR) is 86.4 cm³/mol. The van der Waals surface area contributed by atoms with E-state index >= 15 is 0 Å². The first kappa shape index (κ1) is 17.2. The summed E-state index contributed by atoms with van der Waals surface area (Å²) in [6.07, 6.45) is 1.74. The van der Waals surface area contributed by atoms with E-state index in [-0.39, 0.29) is 12.5 Å². The molecule has 0 spiro atoms. The molecule has 1 rings (SSSR count). The largest absolute Gasteiger partial charge is 0.368 e. The van der Waals surface area contributed by atoms with Crippen molar-refractivity contribution >= 4 is 17.8 Å².